The van der Waals surface area contributed by atoms with Gasteiger partial charge in [0.05, 0.1) is 6.54 Å². The molecule has 2 N–H and O–H groups in total. The van der Waals surface area contributed by atoms with Gasteiger partial charge in [-0.15, -0.1) is 0 Å². The first-order valence-corrected chi connectivity index (χ1v) is 8.37. The zero-order valence-electron chi connectivity index (χ0n) is 12.0. The second kappa shape index (κ2) is 6.56. The van der Waals surface area contributed by atoms with Gasteiger partial charge in [0.15, 0.2) is 0 Å². The molecular formula is C15H19FN2O2S. The summed E-state index contributed by atoms with van der Waals surface area (Å²) < 4.78 is 40.4. The number of benzene rings is 1. The summed E-state index contributed by atoms with van der Waals surface area (Å²) in [6.45, 7) is 0.173. The van der Waals surface area contributed by atoms with Crippen LogP contribution in [-0.2, 0) is 10.0 Å². The molecule has 1 aromatic rings. The number of nitrogens with two attached hydrogens (primary N) is 1. The van der Waals surface area contributed by atoms with Crippen LogP contribution in [0.4, 0.5) is 4.39 Å². The molecule has 2 rings (SSSR count). The van der Waals surface area contributed by atoms with Crippen molar-refractivity contribution in [2.45, 2.75) is 36.6 Å². The Labute approximate surface area is 125 Å². The standard InChI is InChI=1S/C15H19FN2O2S/c1-18(13-6-2-3-7-13)21(19,20)15-9-8-12(5-4-10-17)11-14(15)16/h8-9,11,13H,2-3,6-7,10,17H2,1H3. The van der Waals surface area contributed by atoms with Crippen molar-refractivity contribution in [3.05, 3.63) is 29.6 Å². The highest BCUT2D eigenvalue weighted by Gasteiger charge is 2.31. The van der Waals surface area contributed by atoms with Crippen molar-refractivity contribution in [3.63, 3.8) is 0 Å². The lowest BCUT2D eigenvalue weighted by Crippen LogP contribution is -2.35. The molecule has 6 heteroatoms. The lowest BCUT2D eigenvalue weighted by atomic mass is 10.2. The van der Waals surface area contributed by atoms with Gasteiger partial charge >= 0.3 is 0 Å². The van der Waals surface area contributed by atoms with Gasteiger partial charge in [-0.1, -0.05) is 24.7 Å². The third-order valence-electron chi connectivity index (χ3n) is 3.76. The average molecular weight is 310 g/mol. The third kappa shape index (κ3) is 3.43. The molecule has 1 saturated carbocycles. The Kier molecular flexibility index (Phi) is 4.99. The monoisotopic (exact) mass is 310 g/mol. The fraction of sp³-hybridized carbons (Fsp3) is 0.467. The first-order chi connectivity index (χ1) is 9.96. The molecule has 0 radical (unpaired) electrons. The van der Waals surface area contributed by atoms with Crippen LogP contribution >= 0.6 is 0 Å². The average Bonchev–Trinajstić information content (AvgIpc) is 2.98. The number of sulfonamides is 1. The maximum atomic E-state index is 14.1. The lowest BCUT2D eigenvalue weighted by molar-refractivity contribution is 0.370. The van der Waals surface area contributed by atoms with E-state index in [1.807, 2.05) is 0 Å². The van der Waals surface area contributed by atoms with Gasteiger partial charge in [-0.2, -0.15) is 4.31 Å². The van der Waals surface area contributed by atoms with Crippen molar-refractivity contribution in [1.29, 1.82) is 0 Å². The minimum Gasteiger partial charge on any atom is -0.320 e. The summed E-state index contributed by atoms with van der Waals surface area (Å²) in [5.41, 5.74) is 5.67. The number of hydrogen-bond donors (Lipinski definition) is 1. The molecule has 0 unspecified atom stereocenters. The minimum absolute atomic E-state index is 0.0360. The molecule has 1 aromatic carbocycles. The van der Waals surface area contributed by atoms with Gasteiger partial charge in [0.2, 0.25) is 10.0 Å². The molecule has 0 aliphatic heterocycles. The largest absolute Gasteiger partial charge is 0.320 e. The van der Waals surface area contributed by atoms with Crippen LogP contribution in [0.5, 0.6) is 0 Å². The Hall–Kier alpha value is -1.42. The highest BCUT2D eigenvalue weighted by molar-refractivity contribution is 7.89. The summed E-state index contributed by atoms with van der Waals surface area (Å²) in [7, 11) is -2.28. The van der Waals surface area contributed by atoms with E-state index in [4.69, 9.17) is 5.73 Å². The Balaban J connectivity index is 2.31. The summed E-state index contributed by atoms with van der Waals surface area (Å²) in [4.78, 5) is -0.296. The summed E-state index contributed by atoms with van der Waals surface area (Å²) >= 11 is 0. The quantitative estimate of drug-likeness (QED) is 0.864. The van der Waals surface area contributed by atoms with Gasteiger partial charge in [0.1, 0.15) is 10.7 Å². The molecule has 1 aliphatic rings. The Morgan fingerprint density at radius 3 is 2.62 bits per heavy atom. The summed E-state index contributed by atoms with van der Waals surface area (Å²) in [5.74, 6) is 4.52. The highest BCUT2D eigenvalue weighted by Crippen LogP contribution is 2.28. The first kappa shape index (κ1) is 16.0. The second-order valence-electron chi connectivity index (χ2n) is 5.11. The van der Waals surface area contributed by atoms with Gasteiger partial charge < -0.3 is 5.73 Å². The fourth-order valence-corrected chi connectivity index (χ4v) is 4.02. The van der Waals surface area contributed by atoms with Crippen LogP contribution < -0.4 is 5.73 Å². The molecular weight excluding hydrogens is 291 g/mol. The van der Waals surface area contributed by atoms with E-state index in [1.165, 1.54) is 23.5 Å². The molecule has 114 valence electrons. The molecule has 0 bridgehead atoms. The molecule has 1 aliphatic carbocycles. The Morgan fingerprint density at radius 1 is 1.38 bits per heavy atom. The van der Waals surface area contributed by atoms with Crippen LogP contribution in [0.15, 0.2) is 23.1 Å². The Morgan fingerprint density at radius 2 is 2.05 bits per heavy atom. The van der Waals surface area contributed by atoms with Crippen molar-refractivity contribution in [2.75, 3.05) is 13.6 Å². The van der Waals surface area contributed by atoms with E-state index in [2.05, 4.69) is 11.8 Å². The SMILES string of the molecule is CN(C1CCCC1)S(=O)(=O)c1ccc(C#CCN)cc1F. The van der Waals surface area contributed by atoms with Crippen molar-refractivity contribution >= 4 is 10.0 Å². The zero-order valence-corrected chi connectivity index (χ0v) is 12.8. The predicted molar refractivity (Wildman–Crippen MR) is 79.5 cm³/mol. The van der Waals surface area contributed by atoms with Crippen molar-refractivity contribution in [2.24, 2.45) is 5.73 Å². The maximum Gasteiger partial charge on any atom is 0.245 e. The Bertz CT molecular complexity index is 671. The summed E-state index contributed by atoms with van der Waals surface area (Å²) in [6, 6.07) is 3.88. The number of halogens is 1. The van der Waals surface area contributed by atoms with E-state index in [0.717, 1.165) is 31.7 Å². The lowest BCUT2D eigenvalue weighted by Gasteiger charge is -2.23. The van der Waals surface area contributed by atoms with Crippen molar-refractivity contribution < 1.29 is 12.8 Å². The molecule has 21 heavy (non-hydrogen) atoms. The number of rotatable bonds is 3. The van der Waals surface area contributed by atoms with Gasteiger partial charge in [-0.3, -0.25) is 0 Å². The van der Waals surface area contributed by atoms with Crippen molar-refractivity contribution in [3.8, 4) is 11.8 Å². The molecule has 0 heterocycles. The van der Waals surface area contributed by atoms with E-state index >= 15 is 0 Å². The predicted octanol–water partition coefficient (Wildman–Crippen LogP) is 1.70. The van der Waals surface area contributed by atoms with Crippen molar-refractivity contribution in [1.82, 2.24) is 4.31 Å². The van der Waals surface area contributed by atoms with Crippen LogP contribution in [0.3, 0.4) is 0 Å². The fourth-order valence-electron chi connectivity index (χ4n) is 2.56. The normalized spacial score (nSPS) is 16.0. The highest BCUT2D eigenvalue weighted by atomic mass is 32.2. The molecule has 0 aromatic heterocycles. The van der Waals surface area contributed by atoms with Gasteiger partial charge in [-0.05, 0) is 31.0 Å². The van der Waals surface area contributed by atoms with E-state index in [-0.39, 0.29) is 17.5 Å². The number of nitrogens with zero attached hydrogens (tertiary/aromatic N) is 1. The van der Waals surface area contributed by atoms with E-state index < -0.39 is 15.8 Å². The zero-order chi connectivity index (χ0) is 15.5. The molecule has 4 nitrogen and oxygen atoms in total. The molecule has 0 spiro atoms. The molecule has 0 amide bonds. The van der Waals surface area contributed by atoms with E-state index in [9.17, 15) is 12.8 Å². The van der Waals surface area contributed by atoms with E-state index in [0.29, 0.717) is 5.56 Å². The smallest absolute Gasteiger partial charge is 0.245 e. The molecule has 0 saturated heterocycles. The topological polar surface area (TPSA) is 63.4 Å². The van der Waals surface area contributed by atoms with Crippen LogP contribution in [0, 0.1) is 17.7 Å². The van der Waals surface area contributed by atoms with Crippen LogP contribution in [0.25, 0.3) is 0 Å². The summed E-state index contributed by atoms with van der Waals surface area (Å²) in [6.07, 6.45) is 3.69. The maximum absolute atomic E-state index is 14.1. The number of hydrogen-bond acceptors (Lipinski definition) is 3. The van der Waals surface area contributed by atoms with Gasteiger partial charge in [0, 0.05) is 18.7 Å². The minimum atomic E-state index is -3.80. The van der Waals surface area contributed by atoms with Gasteiger partial charge in [-0.25, -0.2) is 12.8 Å². The molecule has 0 atom stereocenters. The van der Waals surface area contributed by atoms with Crippen LogP contribution in [0.1, 0.15) is 31.2 Å². The third-order valence-corrected chi connectivity index (χ3v) is 5.71. The first-order valence-electron chi connectivity index (χ1n) is 6.93. The van der Waals surface area contributed by atoms with Crippen LogP contribution in [-0.4, -0.2) is 32.4 Å². The summed E-state index contributed by atoms with van der Waals surface area (Å²) in [5, 5.41) is 0. The molecule has 1 fully saturated rings. The second-order valence-corrected chi connectivity index (χ2v) is 7.08. The van der Waals surface area contributed by atoms with E-state index in [1.54, 1.807) is 0 Å². The van der Waals surface area contributed by atoms with Gasteiger partial charge in [0.25, 0.3) is 0 Å². The van der Waals surface area contributed by atoms with Crippen LogP contribution in [0.2, 0.25) is 0 Å².